The summed E-state index contributed by atoms with van der Waals surface area (Å²) in [5.74, 6) is -0.0571. The zero-order valence-electron chi connectivity index (χ0n) is 27.0. The molecule has 0 aliphatic carbocycles. The predicted molar refractivity (Wildman–Crippen MR) is 177 cm³/mol. The lowest BCUT2D eigenvalue weighted by molar-refractivity contribution is -0.200. The Balaban J connectivity index is 2.65. The van der Waals surface area contributed by atoms with Crippen molar-refractivity contribution < 1.29 is 28.5 Å². The van der Waals surface area contributed by atoms with Crippen LogP contribution in [0.4, 0.5) is 0 Å². The molecule has 0 bridgehead atoms. The minimum absolute atomic E-state index is 0.0503. The highest BCUT2D eigenvalue weighted by atomic mass is 32.2. The lowest BCUT2D eigenvalue weighted by Crippen LogP contribution is -2.41. The lowest BCUT2D eigenvalue weighted by Gasteiger charge is -2.22. The summed E-state index contributed by atoms with van der Waals surface area (Å²) in [6, 6.07) is 9.17. The number of esters is 1. The number of hydrogen-bond donors (Lipinski definition) is 1. The van der Waals surface area contributed by atoms with Crippen LogP contribution in [0.2, 0.25) is 0 Å². The van der Waals surface area contributed by atoms with E-state index in [2.05, 4.69) is 13.8 Å². The van der Waals surface area contributed by atoms with Gasteiger partial charge in [0.25, 0.3) is 0 Å². The molecule has 0 aliphatic rings. The van der Waals surface area contributed by atoms with Crippen molar-refractivity contribution in [3.8, 4) is 0 Å². The number of unbranched alkanes of at least 4 members (excludes halogenated alkanes) is 13. The van der Waals surface area contributed by atoms with Crippen LogP contribution in [0.5, 0.6) is 0 Å². The second kappa shape index (κ2) is 25.4. The molecular formula is C34H60O6PS+. The standard InChI is InChI=1S/C34H60O6PS/c1-5-8-10-12-13-14-15-16-18-23-28-42-32(26-22-17-11-9-6-2)30(4)40-41(37)34(36,39-27-7-3)33(35)38-29-31-24-20-19-21-25-31/h19-21,24-25,30,32,36H,5-18,22-23,26-29H2,1-4H3/q+1. The molecule has 0 saturated carbocycles. The summed E-state index contributed by atoms with van der Waals surface area (Å²) in [5, 5.41) is 11.3. The monoisotopic (exact) mass is 627 g/mol. The van der Waals surface area contributed by atoms with Crippen LogP contribution < -0.4 is 0 Å². The van der Waals surface area contributed by atoms with Crippen LogP contribution in [0, 0.1) is 0 Å². The second-order valence-corrected chi connectivity index (χ2v) is 14.1. The SMILES string of the molecule is CCCCCCCCCCCCSC(CCCCCCC)C(C)O[P+](=O)C(O)(OCCC)C(=O)OCc1ccccc1. The molecule has 0 fully saturated rings. The van der Waals surface area contributed by atoms with Crippen molar-refractivity contribution in [3.63, 3.8) is 0 Å². The Hall–Kier alpha value is -0.980. The molecule has 6 nitrogen and oxygen atoms in total. The summed E-state index contributed by atoms with van der Waals surface area (Å²) in [6.07, 6.45) is 20.0. The number of benzene rings is 1. The van der Waals surface area contributed by atoms with Gasteiger partial charge in [-0.05, 0) is 42.1 Å². The number of aliphatic hydroxyl groups is 1. The molecule has 1 N–H and O–H groups in total. The molecule has 42 heavy (non-hydrogen) atoms. The van der Waals surface area contributed by atoms with Gasteiger partial charge in [0.1, 0.15) is 12.7 Å². The van der Waals surface area contributed by atoms with Gasteiger partial charge in [-0.3, -0.25) is 4.74 Å². The molecule has 1 aromatic carbocycles. The number of ether oxygens (including phenoxy) is 2. The van der Waals surface area contributed by atoms with Gasteiger partial charge in [0, 0.05) is 5.25 Å². The third-order valence-corrected chi connectivity index (χ3v) is 10.3. The molecule has 0 amide bonds. The molecule has 1 aromatic rings. The van der Waals surface area contributed by atoms with Gasteiger partial charge in [-0.1, -0.05) is 141 Å². The number of hydrogen-bond acceptors (Lipinski definition) is 7. The molecule has 4 unspecified atom stereocenters. The third kappa shape index (κ3) is 17.3. The fraction of sp³-hybridized carbons (Fsp3) is 0.794. The molecule has 1 rings (SSSR count). The Labute approximate surface area is 262 Å². The van der Waals surface area contributed by atoms with Crippen LogP contribution in [0.25, 0.3) is 0 Å². The molecule has 0 radical (unpaired) electrons. The van der Waals surface area contributed by atoms with Crippen molar-refractivity contribution in [2.24, 2.45) is 0 Å². The third-order valence-electron chi connectivity index (χ3n) is 7.44. The van der Waals surface area contributed by atoms with E-state index < -0.39 is 25.6 Å². The second-order valence-electron chi connectivity index (χ2n) is 11.4. The molecule has 8 heteroatoms. The topological polar surface area (TPSA) is 82.1 Å². The fourth-order valence-electron chi connectivity index (χ4n) is 4.76. The van der Waals surface area contributed by atoms with Gasteiger partial charge in [-0.15, -0.1) is 4.52 Å². The highest BCUT2D eigenvalue weighted by molar-refractivity contribution is 7.99. The van der Waals surface area contributed by atoms with Gasteiger partial charge in [0.2, 0.25) is 0 Å². The summed E-state index contributed by atoms with van der Waals surface area (Å²) < 4.78 is 30.0. The quantitative estimate of drug-likeness (QED) is 0.0428. The first-order valence-corrected chi connectivity index (χ1v) is 18.9. The maximum Gasteiger partial charge on any atom is 0.589 e. The Bertz CT molecular complexity index is 810. The summed E-state index contributed by atoms with van der Waals surface area (Å²) in [5.41, 5.74) is -1.87. The first kappa shape index (κ1) is 39.0. The smallest absolute Gasteiger partial charge is 0.453 e. The summed E-state index contributed by atoms with van der Waals surface area (Å²) in [6.45, 7) is 8.23. The molecule has 0 saturated heterocycles. The fourth-order valence-corrected chi connectivity index (χ4v) is 7.18. The van der Waals surface area contributed by atoms with E-state index in [0.29, 0.717) is 6.42 Å². The number of thioether (sulfide) groups is 1. The van der Waals surface area contributed by atoms with Crippen molar-refractivity contribution >= 4 is 25.8 Å². The Morgan fingerprint density at radius 2 is 1.38 bits per heavy atom. The van der Waals surface area contributed by atoms with E-state index >= 15 is 0 Å². The summed E-state index contributed by atoms with van der Waals surface area (Å²) >= 11 is 1.87. The zero-order chi connectivity index (χ0) is 30.9. The summed E-state index contributed by atoms with van der Waals surface area (Å²) in [4.78, 5) is 12.9. The predicted octanol–water partition coefficient (Wildman–Crippen LogP) is 10.3. The van der Waals surface area contributed by atoms with E-state index in [4.69, 9.17) is 14.0 Å². The molecule has 242 valence electrons. The average Bonchev–Trinajstić information content (AvgIpc) is 3.00. The number of carbonyl (C=O) groups is 1. The molecule has 0 aromatic heterocycles. The van der Waals surface area contributed by atoms with Crippen LogP contribution >= 0.6 is 19.8 Å². The Kier molecular flexibility index (Phi) is 23.6. The van der Waals surface area contributed by atoms with Gasteiger partial charge in [-0.25, -0.2) is 4.79 Å². The van der Waals surface area contributed by atoms with Crippen LogP contribution in [0.3, 0.4) is 0 Å². The van der Waals surface area contributed by atoms with Crippen molar-refractivity contribution in [3.05, 3.63) is 35.9 Å². The molecular weight excluding hydrogens is 567 g/mol. The minimum Gasteiger partial charge on any atom is -0.453 e. The molecule has 0 heterocycles. The van der Waals surface area contributed by atoms with Crippen LogP contribution in [-0.2, 0) is 30.0 Å². The molecule has 0 spiro atoms. The Morgan fingerprint density at radius 1 is 0.833 bits per heavy atom. The van der Waals surface area contributed by atoms with Gasteiger partial charge in [0.15, 0.2) is 0 Å². The zero-order valence-corrected chi connectivity index (χ0v) is 28.7. The van der Waals surface area contributed by atoms with E-state index in [1.54, 1.807) is 0 Å². The van der Waals surface area contributed by atoms with Crippen molar-refractivity contribution in [1.82, 2.24) is 0 Å². The van der Waals surface area contributed by atoms with Gasteiger partial charge >= 0.3 is 19.5 Å². The van der Waals surface area contributed by atoms with E-state index in [-0.39, 0.29) is 18.5 Å². The van der Waals surface area contributed by atoms with E-state index in [0.717, 1.165) is 37.0 Å². The number of carbonyl (C=O) groups excluding carboxylic acids is 1. The highest BCUT2D eigenvalue weighted by Crippen LogP contribution is 2.43. The largest absolute Gasteiger partial charge is 0.589 e. The van der Waals surface area contributed by atoms with Crippen molar-refractivity contribution in [2.45, 2.75) is 160 Å². The first-order valence-electron chi connectivity index (χ1n) is 16.7. The Morgan fingerprint density at radius 3 is 1.95 bits per heavy atom. The molecule has 4 atom stereocenters. The van der Waals surface area contributed by atoms with Crippen LogP contribution in [0.15, 0.2) is 30.3 Å². The van der Waals surface area contributed by atoms with Gasteiger partial charge in [-0.2, -0.15) is 11.8 Å². The maximum atomic E-state index is 13.4. The normalized spacial score (nSPS) is 14.7. The van der Waals surface area contributed by atoms with E-state index in [9.17, 15) is 14.5 Å². The van der Waals surface area contributed by atoms with Crippen LogP contribution in [-0.4, -0.2) is 40.3 Å². The van der Waals surface area contributed by atoms with Crippen LogP contribution in [0.1, 0.15) is 142 Å². The van der Waals surface area contributed by atoms with E-state index in [1.807, 2.05) is 55.9 Å². The average molecular weight is 628 g/mol. The first-order chi connectivity index (χ1) is 20.4. The summed E-state index contributed by atoms with van der Waals surface area (Å²) in [7, 11) is -2.89. The van der Waals surface area contributed by atoms with Gasteiger partial charge < -0.3 is 9.84 Å². The number of rotatable bonds is 28. The highest BCUT2D eigenvalue weighted by Gasteiger charge is 2.62. The van der Waals surface area contributed by atoms with Crippen molar-refractivity contribution in [2.75, 3.05) is 12.4 Å². The maximum absolute atomic E-state index is 13.4. The van der Waals surface area contributed by atoms with Crippen molar-refractivity contribution in [1.29, 1.82) is 0 Å². The lowest BCUT2D eigenvalue weighted by atomic mass is 10.1. The minimum atomic E-state index is -2.89. The molecule has 0 aliphatic heterocycles. The van der Waals surface area contributed by atoms with Gasteiger partial charge in [0.05, 0.1) is 6.61 Å². The van der Waals surface area contributed by atoms with E-state index in [1.165, 1.54) is 77.0 Å².